The molecule has 4 rings (SSSR count). The van der Waals surface area contributed by atoms with Gasteiger partial charge in [-0.3, -0.25) is 9.48 Å². The molecule has 1 aromatic heterocycles. The molecule has 0 spiro atoms. The number of alkyl halides is 3. The fourth-order valence-corrected chi connectivity index (χ4v) is 8.84. The molecule has 7 atom stereocenters. The van der Waals surface area contributed by atoms with Gasteiger partial charge in [-0.15, -0.1) is 0 Å². The summed E-state index contributed by atoms with van der Waals surface area (Å²) in [4.78, 5) is 13.4. The number of aliphatic hydroxyl groups is 1. The number of hydrogen-bond acceptors (Lipinski definition) is 4. The maximum absolute atomic E-state index is 13.4. The molecule has 0 amide bonds. The topological polar surface area (TPSA) is 64.3 Å². The van der Waals surface area contributed by atoms with Crippen molar-refractivity contribution in [3.63, 3.8) is 0 Å². The molecule has 3 saturated carbocycles. The van der Waals surface area contributed by atoms with Gasteiger partial charge in [0, 0.05) is 19.2 Å². The van der Waals surface area contributed by atoms with E-state index in [1.807, 2.05) is 13.8 Å². The van der Waals surface area contributed by atoms with Crippen molar-refractivity contribution in [2.75, 3.05) is 13.7 Å². The van der Waals surface area contributed by atoms with E-state index in [2.05, 4.69) is 18.9 Å². The van der Waals surface area contributed by atoms with E-state index >= 15 is 0 Å². The van der Waals surface area contributed by atoms with Crippen molar-refractivity contribution in [3.8, 4) is 0 Å². The van der Waals surface area contributed by atoms with E-state index in [0.29, 0.717) is 30.3 Å². The number of hydrogen-bond donors (Lipinski definition) is 1. The monoisotopic (exact) mass is 512 g/mol. The van der Waals surface area contributed by atoms with Crippen molar-refractivity contribution in [1.82, 2.24) is 9.78 Å². The number of rotatable bonds is 8. The largest absolute Gasteiger partial charge is 0.435 e. The highest BCUT2D eigenvalue weighted by atomic mass is 19.4. The third-order valence-corrected chi connectivity index (χ3v) is 10.3. The number of carbonyl (C=O) groups is 1. The summed E-state index contributed by atoms with van der Waals surface area (Å²) in [5.41, 5.74) is -1.79. The molecule has 0 unspecified atom stereocenters. The summed E-state index contributed by atoms with van der Waals surface area (Å²) in [7, 11) is 1.78. The summed E-state index contributed by atoms with van der Waals surface area (Å²) in [5.74, 6) is 1.69. The average Bonchev–Trinajstić information content (AvgIpc) is 3.38. The molecule has 204 valence electrons. The quantitative estimate of drug-likeness (QED) is 0.454. The normalized spacial score (nSPS) is 37.0. The maximum Gasteiger partial charge on any atom is 0.435 e. The lowest BCUT2D eigenvalue weighted by atomic mass is 9.45. The highest BCUT2D eigenvalue weighted by molar-refractivity contribution is 5.82. The summed E-state index contributed by atoms with van der Waals surface area (Å²) >= 11 is 0. The molecule has 0 aliphatic heterocycles. The molecule has 1 N–H and O–H groups in total. The summed E-state index contributed by atoms with van der Waals surface area (Å²) in [5, 5.41) is 14.3. The molecule has 3 aliphatic carbocycles. The first kappa shape index (κ1) is 27.6. The van der Waals surface area contributed by atoms with Crippen molar-refractivity contribution in [1.29, 1.82) is 0 Å². The van der Waals surface area contributed by atoms with Gasteiger partial charge in [-0.1, -0.05) is 13.8 Å². The fourth-order valence-electron chi connectivity index (χ4n) is 8.84. The van der Waals surface area contributed by atoms with Gasteiger partial charge in [0.1, 0.15) is 0 Å². The minimum absolute atomic E-state index is 0.00429. The molecule has 36 heavy (non-hydrogen) atoms. The lowest BCUT2D eigenvalue weighted by Crippen LogP contribution is -2.55. The van der Waals surface area contributed by atoms with Crippen LogP contribution in [0.1, 0.15) is 84.8 Å². The van der Waals surface area contributed by atoms with Crippen LogP contribution in [0.4, 0.5) is 13.2 Å². The van der Waals surface area contributed by atoms with Crippen LogP contribution in [-0.4, -0.2) is 40.0 Å². The summed E-state index contributed by atoms with van der Waals surface area (Å²) < 4.78 is 45.9. The Kier molecular flexibility index (Phi) is 7.46. The zero-order chi connectivity index (χ0) is 26.5. The summed E-state index contributed by atoms with van der Waals surface area (Å²) in [6.07, 6.45) is 4.45. The maximum atomic E-state index is 13.4. The number of nitrogens with zero attached hydrogens (tertiary/aromatic N) is 2. The average molecular weight is 513 g/mol. The van der Waals surface area contributed by atoms with Crippen LogP contribution in [0.15, 0.2) is 12.3 Å². The molecule has 3 aliphatic rings. The number of aromatic nitrogens is 2. The van der Waals surface area contributed by atoms with Crippen molar-refractivity contribution in [2.45, 2.75) is 97.4 Å². The molecular formula is C28H43F3N2O3. The van der Waals surface area contributed by atoms with Crippen LogP contribution < -0.4 is 0 Å². The van der Waals surface area contributed by atoms with Crippen LogP contribution in [0.25, 0.3) is 0 Å². The number of halogens is 3. The van der Waals surface area contributed by atoms with Crippen molar-refractivity contribution in [2.24, 2.45) is 40.4 Å². The first-order chi connectivity index (χ1) is 16.7. The number of fused-ring (bicyclic) bond motifs is 3. The van der Waals surface area contributed by atoms with Crippen molar-refractivity contribution >= 4 is 5.78 Å². The van der Waals surface area contributed by atoms with E-state index in [4.69, 9.17) is 4.74 Å². The molecule has 8 heteroatoms. The highest BCUT2D eigenvalue weighted by Crippen LogP contribution is 2.66. The molecule has 1 heterocycles. The molecule has 0 bridgehead atoms. The zero-order valence-corrected chi connectivity index (χ0v) is 22.4. The van der Waals surface area contributed by atoms with Gasteiger partial charge >= 0.3 is 6.18 Å². The number of carbonyl (C=O) groups excluding carboxylic acids is 1. The van der Waals surface area contributed by atoms with Gasteiger partial charge in [0.05, 0.1) is 18.8 Å². The van der Waals surface area contributed by atoms with Crippen molar-refractivity contribution < 1.29 is 27.8 Å². The lowest BCUT2D eigenvalue weighted by molar-refractivity contribution is -0.150. The lowest BCUT2D eigenvalue weighted by Gasteiger charge is -2.60. The van der Waals surface area contributed by atoms with Gasteiger partial charge in [0.25, 0.3) is 0 Å². The SMILES string of the molecule is CC[C@@]1(COC)[C@@H](CC(C)(C)O)CC[C@H]2[C@@H]3CC[C@H](C(=O)Cn4ccc(C(F)(F)F)n4)[C@@]3(C)CC[C@@H]21. The van der Waals surface area contributed by atoms with Gasteiger partial charge in [-0.05, 0) is 106 Å². The second-order valence-corrected chi connectivity index (χ2v) is 12.7. The second-order valence-electron chi connectivity index (χ2n) is 12.7. The first-order valence-corrected chi connectivity index (χ1v) is 13.6. The zero-order valence-electron chi connectivity index (χ0n) is 22.4. The van der Waals surface area contributed by atoms with Gasteiger partial charge in [-0.25, -0.2) is 0 Å². The van der Waals surface area contributed by atoms with E-state index in [0.717, 1.165) is 62.1 Å². The Morgan fingerprint density at radius 2 is 1.92 bits per heavy atom. The third kappa shape index (κ3) is 4.89. The summed E-state index contributed by atoms with van der Waals surface area (Å²) in [6.45, 7) is 8.89. The van der Waals surface area contributed by atoms with E-state index in [1.165, 1.54) is 6.20 Å². The minimum atomic E-state index is -4.50. The molecular weight excluding hydrogens is 469 g/mol. The minimum Gasteiger partial charge on any atom is -0.390 e. The Morgan fingerprint density at radius 1 is 1.19 bits per heavy atom. The fraction of sp³-hybridized carbons (Fsp3) is 0.857. The Morgan fingerprint density at radius 3 is 2.50 bits per heavy atom. The van der Waals surface area contributed by atoms with Crippen LogP contribution >= 0.6 is 0 Å². The van der Waals surface area contributed by atoms with Crippen LogP contribution in [0.3, 0.4) is 0 Å². The molecule has 0 radical (unpaired) electrons. The van der Waals surface area contributed by atoms with Crippen LogP contribution in [0.5, 0.6) is 0 Å². The van der Waals surface area contributed by atoms with Gasteiger partial charge < -0.3 is 9.84 Å². The number of ketones is 1. The van der Waals surface area contributed by atoms with Crippen LogP contribution in [0, 0.1) is 40.4 Å². The number of Topliss-reactive ketones (excluding diaryl/α,β-unsaturated/α-hetero) is 1. The van der Waals surface area contributed by atoms with E-state index in [9.17, 15) is 23.1 Å². The highest BCUT2D eigenvalue weighted by Gasteiger charge is 2.61. The molecule has 1 aromatic rings. The first-order valence-electron chi connectivity index (χ1n) is 13.6. The third-order valence-electron chi connectivity index (χ3n) is 10.3. The van der Waals surface area contributed by atoms with Crippen LogP contribution in [0.2, 0.25) is 0 Å². The standard InChI is InChI=1S/C28H43F3N2O3/c1-6-27(17-36-5)18(15-25(2,3)35)7-8-19-20-9-10-22(26(20,4)13-11-21(19)27)23(34)16-33-14-12-24(32-33)28(29,30)31/h12,14,18-22,35H,6-11,13,15-17H2,1-5H3/t18-,19+,20+,21+,22-,26+,27-/m1/s1. The molecule has 3 fully saturated rings. The van der Waals surface area contributed by atoms with Crippen molar-refractivity contribution in [3.05, 3.63) is 18.0 Å². The van der Waals surface area contributed by atoms with E-state index in [-0.39, 0.29) is 29.1 Å². The smallest absolute Gasteiger partial charge is 0.390 e. The predicted molar refractivity (Wildman–Crippen MR) is 131 cm³/mol. The van der Waals surface area contributed by atoms with Crippen LogP contribution in [-0.2, 0) is 22.3 Å². The summed E-state index contributed by atoms with van der Waals surface area (Å²) in [6, 6.07) is 0.934. The van der Waals surface area contributed by atoms with Gasteiger partial charge in [0.2, 0.25) is 0 Å². The Bertz CT molecular complexity index is 939. The van der Waals surface area contributed by atoms with Gasteiger partial charge in [0.15, 0.2) is 11.5 Å². The second kappa shape index (κ2) is 9.72. The Balaban J connectivity index is 1.54. The van der Waals surface area contributed by atoms with Gasteiger partial charge in [-0.2, -0.15) is 18.3 Å². The Labute approximate surface area is 213 Å². The Hall–Kier alpha value is -1.41. The van der Waals surface area contributed by atoms with E-state index < -0.39 is 17.5 Å². The molecule has 0 aromatic carbocycles. The van der Waals surface area contributed by atoms with E-state index in [1.54, 1.807) is 7.11 Å². The number of ether oxygens (including phenoxy) is 1. The number of methoxy groups -OCH3 is 1. The predicted octanol–water partition coefficient (Wildman–Crippen LogP) is 6.14. The molecule has 0 saturated heterocycles. The molecule has 5 nitrogen and oxygen atoms in total.